The van der Waals surface area contributed by atoms with Crippen molar-refractivity contribution in [2.45, 2.75) is 12.6 Å². The fourth-order valence-electron chi connectivity index (χ4n) is 3.64. The Bertz CT molecular complexity index is 1060. The van der Waals surface area contributed by atoms with Crippen LogP contribution in [0, 0.1) is 0 Å². The second-order valence-electron chi connectivity index (χ2n) is 7.12. The number of carboxylic acid groups (broad SMARTS) is 1. The molecular weight excluding hydrogens is 380 g/mol. The highest BCUT2D eigenvalue weighted by atomic mass is 16.5. The summed E-state index contributed by atoms with van der Waals surface area (Å²) >= 11 is 0. The SMILES string of the molecule is COc1ccc(CCN2C(=O)c3ccccc3N[C@H]2c2ccc(C(=O)O)cc2)cc1. The van der Waals surface area contributed by atoms with Crippen molar-refractivity contribution in [3.8, 4) is 5.75 Å². The molecule has 0 saturated carbocycles. The van der Waals surface area contributed by atoms with E-state index in [1.165, 1.54) is 0 Å². The van der Waals surface area contributed by atoms with Gasteiger partial charge in [0.15, 0.2) is 0 Å². The molecule has 0 aliphatic carbocycles. The highest BCUT2D eigenvalue weighted by molar-refractivity contribution is 6.01. The first-order valence-electron chi connectivity index (χ1n) is 9.69. The number of benzene rings is 3. The fourth-order valence-corrected chi connectivity index (χ4v) is 3.64. The summed E-state index contributed by atoms with van der Waals surface area (Å²) in [5, 5.41) is 12.6. The number of fused-ring (bicyclic) bond motifs is 1. The molecule has 0 aromatic heterocycles. The van der Waals surface area contributed by atoms with Crippen LogP contribution in [0.25, 0.3) is 0 Å². The van der Waals surface area contributed by atoms with Crippen LogP contribution in [0.2, 0.25) is 0 Å². The number of amides is 1. The molecular formula is C24H22N2O4. The average Bonchev–Trinajstić information content (AvgIpc) is 2.79. The van der Waals surface area contributed by atoms with Gasteiger partial charge >= 0.3 is 5.97 Å². The third-order valence-corrected chi connectivity index (χ3v) is 5.30. The van der Waals surface area contributed by atoms with E-state index in [4.69, 9.17) is 9.84 Å². The molecule has 1 atom stereocenters. The Hall–Kier alpha value is -3.80. The Morgan fingerprint density at radius 1 is 1.03 bits per heavy atom. The number of carbonyl (C=O) groups is 2. The Balaban J connectivity index is 1.62. The molecule has 1 aliphatic rings. The predicted octanol–water partition coefficient (Wildman–Crippen LogP) is 4.20. The smallest absolute Gasteiger partial charge is 0.335 e. The van der Waals surface area contributed by atoms with E-state index in [1.54, 1.807) is 36.3 Å². The van der Waals surface area contributed by atoms with Gasteiger partial charge in [0.1, 0.15) is 11.9 Å². The minimum Gasteiger partial charge on any atom is -0.497 e. The van der Waals surface area contributed by atoms with Crippen molar-refractivity contribution in [2.75, 3.05) is 19.0 Å². The van der Waals surface area contributed by atoms with Crippen molar-refractivity contribution >= 4 is 17.6 Å². The van der Waals surface area contributed by atoms with Crippen LogP contribution < -0.4 is 10.1 Å². The lowest BCUT2D eigenvalue weighted by molar-refractivity contribution is 0.0677. The molecule has 0 spiro atoms. The van der Waals surface area contributed by atoms with Crippen LogP contribution in [0.3, 0.4) is 0 Å². The Morgan fingerprint density at radius 3 is 2.40 bits per heavy atom. The van der Waals surface area contributed by atoms with Gasteiger partial charge < -0.3 is 20.1 Å². The predicted molar refractivity (Wildman–Crippen MR) is 114 cm³/mol. The first-order chi connectivity index (χ1) is 14.6. The van der Waals surface area contributed by atoms with E-state index < -0.39 is 5.97 Å². The van der Waals surface area contributed by atoms with Crippen LogP contribution in [-0.2, 0) is 6.42 Å². The maximum atomic E-state index is 13.3. The summed E-state index contributed by atoms with van der Waals surface area (Å²) in [6.45, 7) is 0.512. The summed E-state index contributed by atoms with van der Waals surface area (Å²) < 4.78 is 5.20. The summed E-state index contributed by atoms with van der Waals surface area (Å²) in [5.74, 6) is -0.235. The number of para-hydroxylation sites is 1. The number of aromatic carboxylic acids is 1. The summed E-state index contributed by atoms with van der Waals surface area (Å²) in [4.78, 5) is 26.2. The molecule has 4 rings (SSSR count). The summed E-state index contributed by atoms with van der Waals surface area (Å²) in [5.41, 5.74) is 3.55. The minimum absolute atomic E-state index is 0.0508. The van der Waals surface area contributed by atoms with Gasteiger partial charge in [0.2, 0.25) is 0 Å². The van der Waals surface area contributed by atoms with Crippen LogP contribution in [0.15, 0.2) is 72.8 Å². The van der Waals surface area contributed by atoms with E-state index in [0.717, 1.165) is 22.6 Å². The summed E-state index contributed by atoms with van der Waals surface area (Å²) in [7, 11) is 1.63. The van der Waals surface area contributed by atoms with E-state index >= 15 is 0 Å². The molecule has 6 nitrogen and oxygen atoms in total. The Labute approximate surface area is 174 Å². The standard InChI is InChI=1S/C24H22N2O4/c1-30-19-12-6-16(7-13-19)14-15-26-22(17-8-10-18(11-9-17)24(28)29)25-21-5-3-2-4-20(21)23(26)27/h2-13,22,25H,14-15H2,1H3,(H,28,29)/t22-/m1/s1. The number of methoxy groups -OCH3 is 1. The van der Waals surface area contributed by atoms with Crippen LogP contribution in [0.5, 0.6) is 5.75 Å². The van der Waals surface area contributed by atoms with E-state index in [9.17, 15) is 9.59 Å². The highest BCUT2D eigenvalue weighted by Crippen LogP contribution is 2.33. The van der Waals surface area contributed by atoms with Gasteiger partial charge in [-0.15, -0.1) is 0 Å². The molecule has 0 unspecified atom stereocenters. The fraction of sp³-hybridized carbons (Fsp3) is 0.167. The van der Waals surface area contributed by atoms with Gasteiger partial charge in [-0.1, -0.05) is 36.4 Å². The number of carbonyl (C=O) groups excluding carboxylic acids is 1. The number of rotatable bonds is 6. The molecule has 1 heterocycles. The summed E-state index contributed by atoms with van der Waals surface area (Å²) in [6.07, 6.45) is 0.303. The van der Waals surface area contributed by atoms with E-state index in [1.807, 2.05) is 48.5 Å². The zero-order valence-corrected chi connectivity index (χ0v) is 16.5. The molecule has 2 N–H and O–H groups in total. The lowest BCUT2D eigenvalue weighted by Crippen LogP contribution is -2.44. The molecule has 0 bridgehead atoms. The van der Waals surface area contributed by atoms with Crippen LogP contribution in [0.1, 0.15) is 38.0 Å². The van der Waals surface area contributed by atoms with Crippen LogP contribution in [0.4, 0.5) is 5.69 Å². The normalized spacial score (nSPS) is 15.3. The molecule has 0 saturated heterocycles. The quantitative estimate of drug-likeness (QED) is 0.646. The Morgan fingerprint density at radius 2 is 1.73 bits per heavy atom. The van der Waals surface area contributed by atoms with E-state index in [-0.39, 0.29) is 17.6 Å². The number of nitrogens with zero attached hydrogens (tertiary/aromatic N) is 1. The minimum atomic E-state index is -0.976. The van der Waals surface area contributed by atoms with Crippen molar-refractivity contribution in [1.29, 1.82) is 0 Å². The number of ether oxygens (including phenoxy) is 1. The zero-order valence-electron chi connectivity index (χ0n) is 16.5. The largest absolute Gasteiger partial charge is 0.497 e. The maximum Gasteiger partial charge on any atom is 0.335 e. The highest BCUT2D eigenvalue weighted by Gasteiger charge is 2.32. The van der Waals surface area contributed by atoms with Gasteiger partial charge in [-0.2, -0.15) is 0 Å². The first kappa shape index (κ1) is 19.5. The van der Waals surface area contributed by atoms with Crippen molar-refractivity contribution in [3.05, 3.63) is 95.1 Å². The maximum absolute atomic E-state index is 13.3. The second-order valence-corrected chi connectivity index (χ2v) is 7.12. The topological polar surface area (TPSA) is 78.9 Å². The van der Waals surface area contributed by atoms with Crippen molar-refractivity contribution in [2.24, 2.45) is 0 Å². The molecule has 3 aromatic carbocycles. The van der Waals surface area contributed by atoms with Gasteiger partial charge in [0, 0.05) is 12.2 Å². The molecule has 1 amide bonds. The number of anilines is 1. The third-order valence-electron chi connectivity index (χ3n) is 5.30. The second kappa shape index (κ2) is 8.29. The van der Waals surface area contributed by atoms with Crippen LogP contribution >= 0.6 is 0 Å². The van der Waals surface area contributed by atoms with E-state index in [0.29, 0.717) is 18.5 Å². The van der Waals surface area contributed by atoms with E-state index in [2.05, 4.69) is 5.32 Å². The molecule has 0 fully saturated rings. The number of hydrogen-bond acceptors (Lipinski definition) is 4. The van der Waals surface area contributed by atoms with Gasteiger partial charge in [0.25, 0.3) is 5.91 Å². The monoisotopic (exact) mass is 402 g/mol. The first-order valence-corrected chi connectivity index (χ1v) is 9.69. The van der Waals surface area contributed by atoms with Crippen molar-refractivity contribution in [3.63, 3.8) is 0 Å². The van der Waals surface area contributed by atoms with Gasteiger partial charge in [-0.25, -0.2) is 4.79 Å². The lowest BCUT2D eigenvalue weighted by Gasteiger charge is -2.38. The average molecular weight is 402 g/mol. The Kier molecular flexibility index (Phi) is 5.39. The van der Waals surface area contributed by atoms with Crippen LogP contribution in [-0.4, -0.2) is 35.5 Å². The number of nitrogens with one attached hydrogen (secondary N) is 1. The third kappa shape index (κ3) is 3.85. The molecule has 0 radical (unpaired) electrons. The van der Waals surface area contributed by atoms with Gasteiger partial charge in [-0.3, -0.25) is 4.79 Å². The number of hydrogen-bond donors (Lipinski definition) is 2. The van der Waals surface area contributed by atoms with Crippen molar-refractivity contribution < 1.29 is 19.4 Å². The summed E-state index contributed by atoms with van der Waals surface area (Å²) in [6, 6.07) is 21.9. The molecule has 30 heavy (non-hydrogen) atoms. The van der Waals surface area contributed by atoms with Gasteiger partial charge in [0.05, 0.1) is 18.2 Å². The molecule has 1 aliphatic heterocycles. The number of carboxylic acids is 1. The molecule has 3 aromatic rings. The lowest BCUT2D eigenvalue weighted by atomic mass is 10.0. The molecule has 152 valence electrons. The van der Waals surface area contributed by atoms with Gasteiger partial charge in [-0.05, 0) is 53.9 Å². The zero-order chi connectivity index (χ0) is 21.1. The molecule has 6 heteroatoms. The van der Waals surface area contributed by atoms with Crippen molar-refractivity contribution in [1.82, 2.24) is 4.90 Å².